The standard InChI is InChI=1S/C22H33BrO2/c1-21(25)7-5-13-12(10-21)3-4-15-14(13)6-8-22(2)19(15)16-9-17(16)20(22)18(24)11-23/h12-17,19-20,25H,3-11H2,1-2H3/t12-,13?,14-,15-,16-,17+,19-,20-,21-,22+/m1/s1. The normalized spacial score (nSPS) is 59.4. The molecule has 1 N–H and O–H groups in total. The van der Waals surface area contributed by atoms with Crippen molar-refractivity contribution in [3.8, 4) is 0 Å². The molecule has 0 aromatic rings. The number of hydrogen-bond acceptors (Lipinski definition) is 2. The second-order valence-electron chi connectivity index (χ2n) is 10.8. The second kappa shape index (κ2) is 5.56. The molecule has 0 heterocycles. The third kappa shape index (κ3) is 2.40. The number of halogens is 1. The molecule has 0 aromatic carbocycles. The minimum absolute atomic E-state index is 0.284. The highest BCUT2D eigenvalue weighted by molar-refractivity contribution is 9.09. The summed E-state index contributed by atoms with van der Waals surface area (Å²) in [6.45, 7) is 4.53. The summed E-state index contributed by atoms with van der Waals surface area (Å²) in [7, 11) is 0. The average molecular weight is 409 g/mol. The fourth-order valence-corrected chi connectivity index (χ4v) is 9.09. The van der Waals surface area contributed by atoms with Crippen LogP contribution < -0.4 is 0 Å². The molecule has 140 valence electrons. The minimum atomic E-state index is -0.417. The van der Waals surface area contributed by atoms with Gasteiger partial charge in [-0.2, -0.15) is 0 Å². The van der Waals surface area contributed by atoms with Gasteiger partial charge >= 0.3 is 0 Å². The summed E-state index contributed by atoms with van der Waals surface area (Å²) in [5.74, 6) is 6.56. The van der Waals surface area contributed by atoms with Gasteiger partial charge in [-0.25, -0.2) is 0 Å². The molecule has 5 aliphatic carbocycles. The molecule has 5 rings (SSSR count). The maximum atomic E-state index is 12.7. The Labute approximate surface area is 160 Å². The van der Waals surface area contributed by atoms with Gasteiger partial charge in [0.05, 0.1) is 10.9 Å². The predicted octanol–water partition coefficient (Wildman–Crippen LogP) is 4.83. The molecule has 0 amide bonds. The molecule has 10 atom stereocenters. The van der Waals surface area contributed by atoms with Crippen molar-refractivity contribution in [3.05, 3.63) is 0 Å². The fraction of sp³-hybridized carbons (Fsp3) is 0.955. The number of carbonyl (C=O) groups excluding carboxylic acids is 1. The lowest BCUT2D eigenvalue weighted by Crippen LogP contribution is -2.52. The molecule has 0 bridgehead atoms. The number of hydrogen-bond donors (Lipinski definition) is 1. The van der Waals surface area contributed by atoms with E-state index in [1.165, 1.54) is 38.5 Å². The fourth-order valence-electron chi connectivity index (χ4n) is 8.74. The SMILES string of the molecule is C[C@@]1(O)CCC2[C@H](CC[C@H]3[C@@H]4[C@@H]5C[C@@H]5[C@H](C(=O)CBr)[C@@]4(C)CC[C@H]23)C1. The van der Waals surface area contributed by atoms with Gasteiger partial charge in [0.1, 0.15) is 5.78 Å². The molecule has 0 radical (unpaired) electrons. The van der Waals surface area contributed by atoms with Crippen LogP contribution >= 0.6 is 15.9 Å². The maximum absolute atomic E-state index is 12.7. The van der Waals surface area contributed by atoms with Crippen LogP contribution in [-0.2, 0) is 4.79 Å². The van der Waals surface area contributed by atoms with Crippen LogP contribution in [0, 0.1) is 52.8 Å². The third-order valence-corrected chi connectivity index (χ3v) is 10.1. The molecule has 0 aromatic heterocycles. The van der Waals surface area contributed by atoms with Crippen LogP contribution in [0.15, 0.2) is 0 Å². The number of aliphatic hydroxyl groups is 1. The first-order valence-electron chi connectivity index (χ1n) is 10.7. The molecular formula is C22H33BrO2. The molecule has 3 heteroatoms. The number of fused-ring (bicyclic) bond motifs is 7. The van der Waals surface area contributed by atoms with Gasteiger partial charge in [0.25, 0.3) is 0 Å². The summed E-state index contributed by atoms with van der Waals surface area (Å²) in [6.07, 6.45) is 9.89. The number of ketones is 1. The predicted molar refractivity (Wildman–Crippen MR) is 102 cm³/mol. The van der Waals surface area contributed by atoms with E-state index < -0.39 is 5.60 Å². The smallest absolute Gasteiger partial charge is 0.147 e. The van der Waals surface area contributed by atoms with Crippen LogP contribution in [0.1, 0.15) is 65.2 Å². The number of rotatable bonds is 2. The van der Waals surface area contributed by atoms with E-state index >= 15 is 0 Å². The summed E-state index contributed by atoms with van der Waals surface area (Å²) >= 11 is 3.46. The molecule has 5 fully saturated rings. The summed E-state index contributed by atoms with van der Waals surface area (Å²) < 4.78 is 0. The summed E-state index contributed by atoms with van der Waals surface area (Å²) in [5.41, 5.74) is -0.133. The van der Waals surface area contributed by atoms with Gasteiger partial charge in [0, 0.05) is 5.92 Å². The Bertz CT molecular complexity index is 587. The van der Waals surface area contributed by atoms with E-state index in [1.807, 2.05) is 0 Å². The summed E-state index contributed by atoms with van der Waals surface area (Å²) in [5, 5.41) is 11.1. The highest BCUT2D eigenvalue weighted by atomic mass is 79.9. The van der Waals surface area contributed by atoms with Crippen molar-refractivity contribution < 1.29 is 9.90 Å². The van der Waals surface area contributed by atoms with E-state index in [1.54, 1.807) is 0 Å². The Morgan fingerprint density at radius 2 is 1.76 bits per heavy atom. The van der Waals surface area contributed by atoms with Gasteiger partial charge in [-0.1, -0.05) is 22.9 Å². The van der Waals surface area contributed by atoms with Crippen LogP contribution in [0.2, 0.25) is 0 Å². The number of alkyl halides is 1. The van der Waals surface area contributed by atoms with Crippen LogP contribution in [-0.4, -0.2) is 21.8 Å². The molecule has 0 spiro atoms. The second-order valence-corrected chi connectivity index (χ2v) is 11.3. The Balaban J connectivity index is 1.41. The summed E-state index contributed by atoms with van der Waals surface area (Å²) in [6, 6.07) is 0. The topological polar surface area (TPSA) is 37.3 Å². The van der Waals surface area contributed by atoms with E-state index in [4.69, 9.17) is 0 Å². The van der Waals surface area contributed by atoms with Crippen molar-refractivity contribution in [2.24, 2.45) is 52.8 Å². The Kier molecular flexibility index (Phi) is 3.83. The highest BCUT2D eigenvalue weighted by Gasteiger charge is 2.70. The lowest BCUT2D eigenvalue weighted by molar-refractivity contribution is -0.133. The Hall–Kier alpha value is 0.110. The van der Waals surface area contributed by atoms with E-state index in [9.17, 15) is 9.90 Å². The molecule has 0 aliphatic heterocycles. The van der Waals surface area contributed by atoms with Gasteiger partial charge in [-0.15, -0.1) is 0 Å². The van der Waals surface area contributed by atoms with Crippen molar-refractivity contribution in [1.29, 1.82) is 0 Å². The zero-order chi connectivity index (χ0) is 17.6. The Morgan fingerprint density at radius 1 is 1.00 bits per heavy atom. The van der Waals surface area contributed by atoms with E-state index in [2.05, 4.69) is 29.8 Å². The van der Waals surface area contributed by atoms with Crippen molar-refractivity contribution >= 4 is 21.7 Å². The van der Waals surface area contributed by atoms with Crippen molar-refractivity contribution in [1.82, 2.24) is 0 Å². The van der Waals surface area contributed by atoms with E-state index in [0.29, 0.717) is 22.9 Å². The van der Waals surface area contributed by atoms with Gasteiger partial charge < -0.3 is 5.11 Å². The monoisotopic (exact) mass is 408 g/mol. The lowest BCUT2D eigenvalue weighted by Gasteiger charge is -2.57. The van der Waals surface area contributed by atoms with Crippen LogP contribution in [0.4, 0.5) is 0 Å². The first-order valence-corrected chi connectivity index (χ1v) is 11.8. The molecule has 1 unspecified atom stereocenters. The van der Waals surface area contributed by atoms with E-state index in [0.717, 1.165) is 48.3 Å². The van der Waals surface area contributed by atoms with E-state index in [-0.39, 0.29) is 5.41 Å². The van der Waals surface area contributed by atoms with Crippen molar-refractivity contribution in [2.75, 3.05) is 5.33 Å². The van der Waals surface area contributed by atoms with Gasteiger partial charge in [0.2, 0.25) is 0 Å². The highest BCUT2D eigenvalue weighted by Crippen LogP contribution is 2.74. The number of Topliss-reactive ketones (excluding diaryl/α,β-unsaturated/α-hetero) is 1. The zero-order valence-electron chi connectivity index (χ0n) is 15.7. The molecule has 2 nitrogen and oxygen atoms in total. The molecule has 5 aliphatic rings. The third-order valence-electron chi connectivity index (χ3n) is 9.50. The average Bonchev–Trinajstić information content (AvgIpc) is 3.27. The Morgan fingerprint density at radius 3 is 2.52 bits per heavy atom. The maximum Gasteiger partial charge on any atom is 0.147 e. The first-order chi connectivity index (χ1) is 11.9. The van der Waals surface area contributed by atoms with Crippen LogP contribution in [0.3, 0.4) is 0 Å². The first kappa shape index (κ1) is 17.2. The minimum Gasteiger partial charge on any atom is -0.390 e. The van der Waals surface area contributed by atoms with Gasteiger partial charge in [0.15, 0.2) is 0 Å². The summed E-state index contributed by atoms with van der Waals surface area (Å²) in [4.78, 5) is 12.7. The quantitative estimate of drug-likeness (QED) is 0.664. The molecule has 25 heavy (non-hydrogen) atoms. The zero-order valence-corrected chi connectivity index (χ0v) is 17.3. The largest absolute Gasteiger partial charge is 0.390 e. The lowest BCUT2D eigenvalue weighted by atomic mass is 9.48. The van der Waals surface area contributed by atoms with Crippen LogP contribution in [0.5, 0.6) is 0 Å². The number of carbonyl (C=O) groups is 1. The molecule has 5 saturated carbocycles. The van der Waals surface area contributed by atoms with Gasteiger partial charge in [-0.05, 0) is 105 Å². The van der Waals surface area contributed by atoms with Crippen LogP contribution in [0.25, 0.3) is 0 Å². The van der Waals surface area contributed by atoms with Gasteiger partial charge in [-0.3, -0.25) is 4.79 Å². The van der Waals surface area contributed by atoms with Crippen molar-refractivity contribution in [2.45, 2.75) is 70.8 Å². The molecular weight excluding hydrogens is 376 g/mol. The van der Waals surface area contributed by atoms with Crippen molar-refractivity contribution in [3.63, 3.8) is 0 Å². The molecule has 0 saturated heterocycles.